The van der Waals surface area contributed by atoms with E-state index in [1.165, 1.54) is 5.56 Å². The summed E-state index contributed by atoms with van der Waals surface area (Å²) in [5.41, 5.74) is 6.50. The maximum absolute atomic E-state index is 12.7. The maximum Gasteiger partial charge on any atom is 0.270 e. The normalized spacial score (nSPS) is 17.2. The number of carbonyl (C=O) groups is 1. The summed E-state index contributed by atoms with van der Waals surface area (Å²) in [7, 11) is 0. The van der Waals surface area contributed by atoms with Gasteiger partial charge in [0, 0.05) is 6.54 Å². The molecule has 1 saturated heterocycles. The third-order valence-corrected chi connectivity index (χ3v) is 5.15. The van der Waals surface area contributed by atoms with Crippen LogP contribution in [0.15, 0.2) is 97.1 Å². The van der Waals surface area contributed by atoms with Gasteiger partial charge in [-0.25, -0.2) is 5.01 Å². The Morgan fingerprint density at radius 3 is 2.26 bits per heavy atom. The number of para-hydroxylation sites is 1. The van der Waals surface area contributed by atoms with Crippen LogP contribution in [0.25, 0.3) is 6.08 Å². The number of rotatable bonds is 8. The van der Waals surface area contributed by atoms with Gasteiger partial charge < -0.3 is 0 Å². The summed E-state index contributed by atoms with van der Waals surface area (Å²) in [6, 6.07) is 30.2. The minimum absolute atomic E-state index is 0.0147. The third kappa shape index (κ3) is 5.81. The molecule has 1 aliphatic heterocycles. The average Bonchev–Trinajstić information content (AvgIpc) is 2.82. The van der Waals surface area contributed by atoms with Crippen molar-refractivity contribution in [1.82, 2.24) is 10.1 Å². The van der Waals surface area contributed by atoms with Gasteiger partial charge in [0.1, 0.15) is 12.8 Å². The molecule has 0 aromatic heterocycles. The van der Waals surface area contributed by atoms with E-state index in [-0.39, 0.29) is 18.7 Å². The lowest BCUT2D eigenvalue weighted by Gasteiger charge is -2.41. The first-order valence-electron chi connectivity index (χ1n) is 10.6. The molecule has 158 valence electrons. The van der Waals surface area contributed by atoms with E-state index in [0.717, 1.165) is 24.1 Å². The first-order chi connectivity index (χ1) is 15.3. The Morgan fingerprint density at radius 1 is 0.903 bits per heavy atom. The predicted molar refractivity (Wildman–Crippen MR) is 124 cm³/mol. The SMILES string of the molecule is O=C1CON(CCCc2ccccc2)C(/C=C/c2ccccc2)N1Nc1ccccc1. The lowest BCUT2D eigenvalue weighted by atomic mass is 10.1. The summed E-state index contributed by atoms with van der Waals surface area (Å²) in [6.45, 7) is 0.722. The van der Waals surface area contributed by atoms with Gasteiger partial charge in [0.25, 0.3) is 5.91 Å². The van der Waals surface area contributed by atoms with Gasteiger partial charge >= 0.3 is 0 Å². The summed E-state index contributed by atoms with van der Waals surface area (Å²) in [6.07, 6.45) is 5.54. The fourth-order valence-electron chi connectivity index (χ4n) is 3.56. The van der Waals surface area contributed by atoms with E-state index in [4.69, 9.17) is 4.84 Å². The standard InChI is InChI=1S/C26H27N3O2/c30-26-21-31-28(20-10-15-22-11-4-1-5-12-22)25(19-18-23-13-6-2-7-14-23)29(26)27-24-16-8-3-9-17-24/h1-9,11-14,16-19,25,27H,10,15,20-21H2/b19-18+. The summed E-state index contributed by atoms with van der Waals surface area (Å²) in [4.78, 5) is 18.6. The van der Waals surface area contributed by atoms with Crippen molar-refractivity contribution in [2.75, 3.05) is 18.6 Å². The van der Waals surface area contributed by atoms with Crippen LogP contribution in [0.5, 0.6) is 0 Å². The van der Waals surface area contributed by atoms with Crippen molar-refractivity contribution in [1.29, 1.82) is 0 Å². The number of hydrogen-bond acceptors (Lipinski definition) is 4. The second kappa shape index (κ2) is 10.6. The molecule has 1 unspecified atom stereocenters. The van der Waals surface area contributed by atoms with Crippen molar-refractivity contribution < 1.29 is 9.63 Å². The van der Waals surface area contributed by atoms with Crippen molar-refractivity contribution in [3.8, 4) is 0 Å². The number of hydroxylamine groups is 2. The Labute approximate surface area is 183 Å². The molecule has 3 aromatic rings. The number of amides is 1. The molecular weight excluding hydrogens is 386 g/mol. The molecule has 1 amide bonds. The molecule has 1 atom stereocenters. The van der Waals surface area contributed by atoms with E-state index in [1.807, 2.05) is 83.9 Å². The number of anilines is 1. The van der Waals surface area contributed by atoms with Crippen molar-refractivity contribution >= 4 is 17.7 Å². The van der Waals surface area contributed by atoms with Gasteiger partial charge in [-0.2, -0.15) is 5.06 Å². The number of carbonyl (C=O) groups excluding carboxylic acids is 1. The van der Waals surface area contributed by atoms with Crippen molar-refractivity contribution in [2.45, 2.75) is 19.0 Å². The summed E-state index contributed by atoms with van der Waals surface area (Å²) < 4.78 is 0. The number of nitrogens with zero attached hydrogens (tertiary/aromatic N) is 2. The molecule has 1 N–H and O–H groups in total. The molecule has 1 fully saturated rings. The summed E-state index contributed by atoms with van der Waals surface area (Å²) >= 11 is 0. The molecule has 0 aliphatic carbocycles. The van der Waals surface area contributed by atoms with E-state index in [9.17, 15) is 4.79 Å². The fourth-order valence-corrected chi connectivity index (χ4v) is 3.56. The highest BCUT2D eigenvalue weighted by molar-refractivity contribution is 5.80. The number of hydrogen-bond donors (Lipinski definition) is 1. The lowest BCUT2D eigenvalue weighted by Crippen LogP contribution is -2.58. The molecule has 31 heavy (non-hydrogen) atoms. The first kappa shape index (κ1) is 20.8. The maximum atomic E-state index is 12.7. The van der Waals surface area contributed by atoms with Crippen LogP contribution in [-0.4, -0.2) is 35.3 Å². The van der Waals surface area contributed by atoms with Crippen LogP contribution in [0, 0.1) is 0 Å². The Hall–Kier alpha value is -3.41. The van der Waals surface area contributed by atoms with Gasteiger partial charge in [0.05, 0.1) is 5.69 Å². The Balaban J connectivity index is 1.51. The van der Waals surface area contributed by atoms with Gasteiger partial charge in [-0.1, -0.05) is 84.9 Å². The van der Waals surface area contributed by atoms with E-state index in [0.29, 0.717) is 6.54 Å². The Bertz CT molecular complexity index is 977. The monoisotopic (exact) mass is 413 g/mol. The van der Waals surface area contributed by atoms with Crippen LogP contribution in [0.4, 0.5) is 5.69 Å². The van der Waals surface area contributed by atoms with E-state index < -0.39 is 0 Å². The summed E-state index contributed by atoms with van der Waals surface area (Å²) in [5, 5.41) is 3.54. The third-order valence-electron chi connectivity index (χ3n) is 5.15. The Morgan fingerprint density at radius 2 is 1.55 bits per heavy atom. The molecule has 0 saturated carbocycles. The first-order valence-corrected chi connectivity index (χ1v) is 10.6. The van der Waals surface area contributed by atoms with E-state index >= 15 is 0 Å². The number of aryl methyl sites for hydroxylation is 1. The van der Waals surface area contributed by atoms with Crippen LogP contribution < -0.4 is 5.43 Å². The molecular formula is C26H27N3O2. The molecule has 0 radical (unpaired) electrons. The van der Waals surface area contributed by atoms with Gasteiger partial charge in [-0.3, -0.25) is 15.1 Å². The second-order valence-corrected chi connectivity index (χ2v) is 7.43. The molecule has 3 aromatic carbocycles. The predicted octanol–water partition coefficient (Wildman–Crippen LogP) is 4.76. The van der Waals surface area contributed by atoms with Crippen LogP contribution in [0.3, 0.4) is 0 Å². The van der Waals surface area contributed by atoms with Crippen molar-refractivity contribution in [3.05, 3.63) is 108 Å². The van der Waals surface area contributed by atoms with Crippen LogP contribution in [-0.2, 0) is 16.1 Å². The number of nitrogens with one attached hydrogen (secondary N) is 1. The molecule has 0 spiro atoms. The second-order valence-electron chi connectivity index (χ2n) is 7.43. The van der Waals surface area contributed by atoms with Crippen LogP contribution in [0.2, 0.25) is 0 Å². The molecule has 0 bridgehead atoms. The van der Waals surface area contributed by atoms with Crippen LogP contribution in [0.1, 0.15) is 17.5 Å². The van der Waals surface area contributed by atoms with Gasteiger partial charge in [0.2, 0.25) is 0 Å². The zero-order chi connectivity index (χ0) is 21.3. The topological polar surface area (TPSA) is 44.8 Å². The molecule has 4 rings (SSSR count). The lowest BCUT2D eigenvalue weighted by molar-refractivity contribution is -0.234. The van der Waals surface area contributed by atoms with E-state index in [2.05, 4.69) is 29.7 Å². The van der Waals surface area contributed by atoms with Gasteiger partial charge in [-0.15, -0.1) is 0 Å². The molecule has 5 nitrogen and oxygen atoms in total. The van der Waals surface area contributed by atoms with E-state index in [1.54, 1.807) is 5.01 Å². The zero-order valence-electron chi connectivity index (χ0n) is 17.4. The highest BCUT2D eigenvalue weighted by Crippen LogP contribution is 2.20. The molecule has 5 heteroatoms. The molecule has 1 heterocycles. The highest BCUT2D eigenvalue weighted by Gasteiger charge is 2.33. The molecule has 1 aliphatic rings. The number of benzene rings is 3. The van der Waals surface area contributed by atoms with Crippen LogP contribution >= 0.6 is 0 Å². The van der Waals surface area contributed by atoms with Gasteiger partial charge in [-0.05, 0) is 42.2 Å². The van der Waals surface area contributed by atoms with Gasteiger partial charge in [0.15, 0.2) is 0 Å². The number of hydrazine groups is 1. The highest BCUT2D eigenvalue weighted by atomic mass is 16.7. The van der Waals surface area contributed by atoms with Crippen molar-refractivity contribution in [2.24, 2.45) is 0 Å². The minimum atomic E-state index is -0.363. The zero-order valence-corrected chi connectivity index (χ0v) is 17.4. The Kier molecular flexibility index (Phi) is 7.11. The fraction of sp³-hybridized carbons (Fsp3) is 0.192. The minimum Gasteiger partial charge on any atom is -0.294 e. The summed E-state index contributed by atoms with van der Waals surface area (Å²) in [5.74, 6) is -0.106. The average molecular weight is 414 g/mol. The quantitative estimate of drug-likeness (QED) is 0.578. The van der Waals surface area contributed by atoms with Crippen molar-refractivity contribution in [3.63, 3.8) is 0 Å². The largest absolute Gasteiger partial charge is 0.294 e. The smallest absolute Gasteiger partial charge is 0.270 e.